The molecular formula is C18H28N2O. The predicted molar refractivity (Wildman–Crippen MR) is 86.8 cm³/mol. The summed E-state index contributed by atoms with van der Waals surface area (Å²) < 4.78 is 0. The van der Waals surface area contributed by atoms with Gasteiger partial charge in [-0.15, -0.1) is 0 Å². The summed E-state index contributed by atoms with van der Waals surface area (Å²) >= 11 is 0. The van der Waals surface area contributed by atoms with Crippen molar-refractivity contribution in [3.8, 4) is 0 Å². The standard InChI is InChI=1S/C18H28N2O/c1-5-6-10-14(4)20-17(13(2)3)19-16(18(20)21)15-11-8-7-9-12-15/h7-9,11-14,16-17,19H,5-6,10H2,1-4H3. The first-order valence-corrected chi connectivity index (χ1v) is 8.19. The van der Waals surface area contributed by atoms with Gasteiger partial charge >= 0.3 is 0 Å². The largest absolute Gasteiger partial charge is 0.323 e. The zero-order valence-electron chi connectivity index (χ0n) is 13.7. The van der Waals surface area contributed by atoms with E-state index in [4.69, 9.17) is 0 Å². The number of carbonyl (C=O) groups is 1. The van der Waals surface area contributed by atoms with E-state index < -0.39 is 0 Å². The van der Waals surface area contributed by atoms with Crippen LogP contribution in [0.15, 0.2) is 30.3 Å². The Morgan fingerprint density at radius 2 is 1.86 bits per heavy atom. The monoisotopic (exact) mass is 288 g/mol. The Hall–Kier alpha value is -1.35. The van der Waals surface area contributed by atoms with Gasteiger partial charge < -0.3 is 4.90 Å². The number of carbonyl (C=O) groups excluding carboxylic acids is 1. The van der Waals surface area contributed by atoms with Gasteiger partial charge in [0.2, 0.25) is 5.91 Å². The number of nitrogens with one attached hydrogen (secondary N) is 1. The lowest BCUT2D eigenvalue weighted by atomic mass is 10.1. The van der Waals surface area contributed by atoms with Crippen LogP contribution in [0.4, 0.5) is 0 Å². The van der Waals surface area contributed by atoms with E-state index in [1.807, 2.05) is 30.3 Å². The normalized spacial score (nSPS) is 23.9. The highest BCUT2D eigenvalue weighted by Gasteiger charge is 2.42. The Morgan fingerprint density at radius 3 is 2.43 bits per heavy atom. The van der Waals surface area contributed by atoms with Gasteiger partial charge in [0, 0.05) is 6.04 Å². The van der Waals surface area contributed by atoms with Crippen LogP contribution < -0.4 is 5.32 Å². The maximum absolute atomic E-state index is 12.9. The van der Waals surface area contributed by atoms with Crippen LogP contribution in [0.3, 0.4) is 0 Å². The lowest BCUT2D eigenvalue weighted by molar-refractivity contribution is -0.132. The van der Waals surface area contributed by atoms with Gasteiger partial charge in [-0.1, -0.05) is 63.9 Å². The second-order valence-corrected chi connectivity index (χ2v) is 6.44. The summed E-state index contributed by atoms with van der Waals surface area (Å²) in [4.78, 5) is 15.0. The minimum atomic E-state index is -0.192. The number of hydrogen-bond donors (Lipinski definition) is 1. The lowest BCUT2D eigenvalue weighted by Gasteiger charge is -2.32. The number of unbranched alkanes of at least 4 members (excludes halogenated alkanes) is 1. The summed E-state index contributed by atoms with van der Waals surface area (Å²) in [5.41, 5.74) is 1.07. The van der Waals surface area contributed by atoms with E-state index in [1.54, 1.807) is 0 Å². The summed E-state index contributed by atoms with van der Waals surface area (Å²) in [6, 6.07) is 10.2. The third-order valence-corrected chi connectivity index (χ3v) is 4.35. The molecule has 1 N–H and O–H groups in total. The molecule has 0 aliphatic carbocycles. The third-order valence-electron chi connectivity index (χ3n) is 4.35. The van der Waals surface area contributed by atoms with Crippen LogP contribution >= 0.6 is 0 Å². The zero-order valence-corrected chi connectivity index (χ0v) is 13.7. The highest BCUT2D eigenvalue weighted by atomic mass is 16.2. The van der Waals surface area contributed by atoms with Gasteiger partial charge in [0.15, 0.2) is 0 Å². The van der Waals surface area contributed by atoms with Gasteiger partial charge in [0.25, 0.3) is 0 Å². The molecule has 1 aromatic rings. The lowest BCUT2D eigenvalue weighted by Crippen LogP contribution is -2.46. The molecule has 0 radical (unpaired) electrons. The first-order valence-electron chi connectivity index (χ1n) is 8.19. The summed E-state index contributed by atoms with van der Waals surface area (Å²) in [6.45, 7) is 8.73. The van der Waals surface area contributed by atoms with Gasteiger partial charge in [-0.3, -0.25) is 10.1 Å². The van der Waals surface area contributed by atoms with E-state index in [9.17, 15) is 4.79 Å². The van der Waals surface area contributed by atoms with Crippen molar-refractivity contribution in [2.45, 2.75) is 65.2 Å². The van der Waals surface area contributed by atoms with Crippen molar-refractivity contribution in [2.24, 2.45) is 5.92 Å². The average molecular weight is 288 g/mol. The Morgan fingerprint density at radius 1 is 1.19 bits per heavy atom. The molecule has 1 aliphatic heterocycles. The fraction of sp³-hybridized carbons (Fsp3) is 0.611. The van der Waals surface area contributed by atoms with Crippen molar-refractivity contribution < 1.29 is 4.79 Å². The SMILES string of the molecule is CCCCC(C)N1C(=O)C(c2ccccc2)NC1C(C)C. The van der Waals surface area contributed by atoms with Crippen LogP contribution in [0.5, 0.6) is 0 Å². The van der Waals surface area contributed by atoms with Crippen LogP contribution in [0, 0.1) is 5.92 Å². The molecule has 3 heteroatoms. The van der Waals surface area contributed by atoms with E-state index in [-0.39, 0.29) is 18.1 Å². The Labute approximate surface area is 128 Å². The number of rotatable bonds is 6. The van der Waals surface area contributed by atoms with Crippen molar-refractivity contribution in [1.29, 1.82) is 0 Å². The molecule has 0 bridgehead atoms. The molecule has 3 atom stereocenters. The Kier molecular flexibility index (Phi) is 5.40. The summed E-state index contributed by atoms with van der Waals surface area (Å²) in [5.74, 6) is 0.634. The molecule has 0 aromatic heterocycles. The maximum Gasteiger partial charge on any atom is 0.245 e. The molecule has 1 fully saturated rings. The van der Waals surface area contributed by atoms with Crippen LogP contribution in [0.2, 0.25) is 0 Å². The van der Waals surface area contributed by atoms with Gasteiger partial charge in [0.05, 0.1) is 6.17 Å². The quantitative estimate of drug-likeness (QED) is 0.865. The first kappa shape index (κ1) is 16.0. The van der Waals surface area contributed by atoms with Crippen molar-refractivity contribution in [1.82, 2.24) is 10.2 Å². The predicted octanol–water partition coefficient (Wildman–Crippen LogP) is 3.72. The summed E-state index contributed by atoms with van der Waals surface area (Å²) in [7, 11) is 0. The highest BCUT2D eigenvalue weighted by molar-refractivity contribution is 5.86. The topological polar surface area (TPSA) is 32.3 Å². The van der Waals surface area contributed by atoms with Crippen molar-refractivity contribution in [3.05, 3.63) is 35.9 Å². The zero-order chi connectivity index (χ0) is 15.4. The van der Waals surface area contributed by atoms with Crippen LogP contribution in [0.25, 0.3) is 0 Å². The second kappa shape index (κ2) is 7.08. The molecule has 0 spiro atoms. The molecule has 1 amide bonds. The van der Waals surface area contributed by atoms with Gasteiger partial charge in [-0.2, -0.15) is 0 Å². The van der Waals surface area contributed by atoms with Crippen molar-refractivity contribution >= 4 is 5.91 Å². The van der Waals surface area contributed by atoms with E-state index in [2.05, 4.69) is 37.9 Å². The molecular weight excluding hydrogens is 260 g/mol. The molecule has 1 saturated heterocycles. The maximum atomic E-state index is 12.9. The van der Waals surface area contributed by atoms with E-state index in [0.717, 1.165) is 12.0 Å². The molecule has 21 heavy (non-hydrogen) atoms. The van der Waals surface area contributed by atoms with Gasteiger partial charge in [-0.25, -0.2) is 0 Å². The average Bonchev–Trinajstić information content (AvgIpc) is 2.83. The summed E-state index contributed by atoms with van der Waals surface area (Å²) in [5, 5.41) is 3.54. The second-order valence-electron chi connectivity index (χ2n) is 6.44. The smallest absolute Gasteiger partial charge is 0.245 e. The molecule has 3 nitrogen and oxygen atoms in total. The number of nitrogens with zero attached hydrogens (tertiary/aromatic N) is 1. The minimum absolute atomic E-state index is 0.134. The molecule has 0 saturated carbocycles. The number of amides is 1. The van der Waals surface area contributed by atoms with Crippen molar-refractivity contribution in [2.75, 3.05) is 0 Å². The van der Waals surface area contributed by atoms with E-state index >= 15 is 0 Å². The van der Waals surface area contributed by atoms with E-state index in [0.29, 0.717) is 12.0 Å². The van der Waals surface area contributed by atoms with Gasteiger partial charge in [0.1, 0.15) is 6.04 Å². The molecule has 1 aliphatic rings. The van der Waals surface area contributed by atoms with E-state index in [1.165, 1.54) is 12.8 Å². The highest BCUT2D eigenvalue weighted by Crippen LogP contribution is 2.30. The molecule has 1 heterocycles. The summed E-state index contributed by atoms with van der Waals surface area (Å²) in [6.07, 6.45) is 3.56. The molecule has 116 valence electrons. The van der Waals surface area contributed by atoms with Crippen LogP contribution in [-0.2, 0) is 4.79 Å². The van der Waals surface area contributed by atoms with Gasteiger partial charge in [-0.05, 0) is 24.8 Å². The Bertz CT molecular complexity index is 458. The molecule has 1 aromatic carbocycles. The Balaban J connectivity index is 2.20. The molecule has 2 rings (SSSR count). The van der Waals surface area contributed by atoms with Crippen LogP contribution in [0.1, 0.15) is 58.6 Å². The number of hydrogen-bond acceptors (Lipinski definition) is 2. The first-order chi connectivity index (χ1) is 10.1. The fourth-order valence-corrected chi connectivity index (χ4v) is 3.14. The minimum Gasteiger partial charge on any atom is -0.323 e. The van der Waals surface area contributed by atoms with Crippen LogP contribution in [-0.4, -0.2) is 23.0 Å². The van der Waals surface area contributed by atoms with Crippen molar-refractivity contribution in [3.63, 3.8) is 0 Å². The molecule has 3 unspecified atom stereocenters. The fourth-order valence-electron chi connectivity index (χ4n) is 3.14. The number of benzene rings is 1. The third kappa shape index (κ3) is 3.46.